The molecule has 0 unspecified atom stereocenters. The van der Waals surface area contributed by atoms with Crippen molar-refractivity contribution in [2.24, 2.45) is 22.7 Å². The summed E-state index contributed by atoms with van der Waals surface area (Å²) in [5.41, 5.74) is 0.911. The van der Waals surface area contributed by atoms with Gasteiger partial charge in [-0.2, -0.15) is 0 Å². The highest BCUT2D eigenvalue weighted by atomic mass is 16.6. The Hall–Kier alpha value is -1.17. The Labute approximate surface area is 149 Å². The van der Waals surface area contributed by atoms with Gasteiger partial charge in [-0.3, -0.25) is 0 Å². The van der Waals surface area contributed by atoms with Crippen LogP contribution in [0.2, 0.25) is 0 Å². The van der Waals surface area contributed by atoms with Gasteiger partial charge < -0.3 is 20.1 Å². The predicted octanol–water partition coefficient (Wildman–Crippen LogP) is 1.96. The van der Waals surface area contributed by atoms with Crippen LogP contribution in [0, 0.1) is 22.7 Å². The molecule has 0 aromatic heterocycles. The lowest BCUT2D eigenvalue weighted by Gasteiger charge is -2.59. The third-order valence-electron chi connectivity index (χ3n) is 7.23. The summed E-state index contributed by atoms with van der Waals surface area (Å²) in [4.78, 5) is 11.8. The molecular formula is C20H30O5. The molecule has 6 atom stereocenters. The van der Waals surface area contributed by atoms with E-state index in [9.17, 15) is 20.1 Å². The van der Waals surface area contributed by atoms with Crippen molar-refractivity contribution in [3.63, 3.8) is 0 Å². The van der Waals surface area contributed by atoms with E-state index in [1.807, 2.05) is 13.0 Å². The van der Waals surface area contributed by atoms with Crippen molar-refractivity contribution in [2.45, 2.75) is 58.2 Å². The number of aliphatic hydroxyl groups excluding tert-OH is 3. The summed E-state index contributed by atoms with van der Waals surface area (Å²) in [6, 6.07) is 0. The molecule has 1 saturated heterocycles. The van der Waals surface area contributed by atoms with Gasteiger partial charge in [0, 0.05) is 5.41 Å². The van der Waals surface area contributed by atoms with Crippen molar-refractivity contribution >= 4 is 5.97 Å². The highest BCUT2D eigenvalue weighted by Crippen LogP contribution is 2.61. The largest absolute Gasteiger partial charge is 0.459 e. The van der Waals surface area contributed by atoms with Crippen molar-refractivity contribution in [2.75, 3.05) is 13.2 Å². The first-order valence-electron chi connectivity index (χ1n) is 9.26. The SMILES string of the molecule is C=C1CC[C@H]2[C@](C)(CO)[C@@H](O)CC[C@@]2(C)[C@H]1C/C=C1/C(=O)OC[C@H]1O. The van der Waals surface area contributed by atoms with Gasteiger partial charge in [-0.05, 0) is 49.4 Å². The number of fused-ring (bicyclic) bond motifs is 1. The van der Waals surface area contributed by atoms with E-state index in [4.69, 9.17) is 4.74 Å². The third kappa shape index (κ3) is 2.86. The summed E-state index contributed by atoms with van der Waals surface area (Å²) in [5.74, 6) is -0.0734. The third-order valence-corrected chi connectivity index (χ3v) is 7.23. The van der Waals surface area contributed by atoms with E-state index in [0.717, 1.165) is 24.8 Å². The molecule has 0 aromatic carbocycles. The van der Waals surface area contributed by atoms with Crippen LogP contribution in [0.5, 0.6) is 0 Å². The number of ether oxygens (including phenoxy) is 1. The summed E-state index contributed by atoms with van der Waals surface area (Å²) in [7, 11) is 0. The molecule has 0 radical (unpaired) electrons. The standard InChI is InChI=1S/C20H30O5/c1-12-4-7-16-19(2,9-8-17(23)20(16,3)11-21)14(12)6-5-13-15(22)10-25-18(13)24/h5,14-17,21-23H,1,4,6-11H2,2-3H3/b13-5+/t14-,15+,16+,17-,19-,20-/m0/s1. The number of aliphatic hydroxyl groups is 3. The smallest absolute Gasteiger partial charge is 0.336 e. The van der Waals surface area contributed by atoms with Gasteiger partial charge in [0.25, 0.3) is 0 Å². The van der Waals surface area contributed by atoms with E-state index in [2.05, 4.69) is 13.5 Å². The maximum Gasteiger partial charge on any atom is 0.336 e. The van der Waals surface area contributed by atoms with E-state index >= 15 is 0 Å². The van der Waals surface area contributed by atoms with Crippen LogP contribution in [0.1, 0.15) is 46.0 Å². The molecule has 1 heterocycles. The van der Waals surface area contributed by atoms with Crippen molar-refractivity contribution in [3.8, 4) is 0 Å². The topological polar surface area (TPSA) is 87.0 Å². The van der Waals surface area contributed by atoms with Gasteiger partial charge in [0.15, 0.2) is 0 Å². The van der Waals surface area contributed by atoms with Gasteiger partial charge in [-0.15, -0.1) is 0 Å². The maximum absolute atomic E-state index is 11.8. The first-order chi connectivity index (χ1) is 11.7. The van der Waals surface area contributed by atoms with Crippen LogP contribution < -0.4 is 0 Å². The molecule has 3 rings (SSSR count). The Bertz CT molecular complexity index is 597. The van der Waals surface area contributed by atoms with Crippen molar-refractivity contribution in [3.05, 3.63) is 23.8 Å². The summed E-state index contributed by atoms with van der Waals surface area (Å²) < 4.78 is 4.90. The zero-order chi connectivity index (χ0) is 18.4. The molecule has 0 aromatic rings. The number of esters is 1. The molecule has 5 nitrogen and oxygen atoms in total. The van der Waals surface area contributed by atoms with Gasteiger partial charge >= 0.3 is 5.97 Å². The monoisotopic (exact) mass is 350 g/mol. The molecule has 0 bridgehead atoms. The van der Waals surface area contributed by atoms with E-state index in [1.54, 1.807) is 0 Å². The van der Waals surface area contributed by atoms with Crippen molar-refractivity contribution in [1.82, 2.24) is 0 Å². The summed E-state index contributed by atoms with van der Waals surface area (Å²) >= 11 is 0. The lowest BCUT2D eigenvalue weighted by atomic mass is 9.46. The molecule has 5 heteroatoms. The molecule has 3 N–H and O–H groups in total. The zero-order valence-electron chi connectivity index (χ0n) is 15.2. The predicted molar refractivity (Wildman–Crippen MR) is 93.6 cm³/mol. The van der Waals surface area contributed by atoms with Gasteiger partial charge in [0.05, 0.1) is 18.3 Å². The first kappa shape index (κ1) is 18.6. The van der Waals surface area contributed by atoms with Crippen LogP contribution in [0.3, 0.4) is 0 Å². The number of carbonyl (C=O) groups excluding carboxylic acids is 1. The number of hydrogen-bond acceptors (Lipinski definition) is 5. The Balaban J connectivity index is 1.89. The minimum atomic E-state index is -0.844. The molecule has 2 aliphatic carbocycles. The van der Waals surface area contributed by atoms with Crippen LogP contribution in [0.4, 0.5) is 0 Å². The molecule has 25 heavy (non-hydrogen) atoms. The maximum atomic E-state index is 11.8. The van der Waals surface area contributed by atoms with Crippen LogP contribution in [-0.2, 0) is 9.53 Å². The highest BCUT2D eigenvalue weighted by molar-refractivity contribution is 5.91. The van der Waals surface area contributed by atoms with E-state index in [0.29, 0.717) is 18.4 Å². The Morgan fingerprint density at radius 1 is 1.32 bits per heavy atom. The fraction of sp³-hybridized carbons (Fsp3) is 0.750. The van der Waals surface area contributed by atoms with E-state index in [1.165, 1.54) is 0 Å². The van der Waals surface area contributed by atoms with E-state index in [-0.39, 0.29) is 30.5 Å². The Morgan fingerprint density at radius 2 is 2.04 bits per heavy atom. The van der Waals surface area contributed by atoms with Crippen molar-refractivity contribution < 1.29 is 24.9 Å². The highest BCUT2D eigenvalue weighted by Gasteiger charge is 2.57. The van der Waals surface area contributed by atoms with Crippen molar-refractivity contribution in [1.29, 1.82) is 0 Å². The number of rotatable bonds is 3. The second-order valence-electron chi connectivity index (χ2n) is 8.54. The van der Waals surface area contributed by atoms with Crippen LogP contribution in [0.15, 0.2) is 23.8 Å². The second-order valence-corrected chi connectivity index (χ2v) is 8.54. The van der Waals surface area contributed by atoms with Gasteiger partial charge in [-0.1, -0.05) is 32.1 Å². The van der Waals surface area contributed by atoms with Crippen LogP contribution >= 0.6 is 0 Å². The molecular weight excluding hydrogens is 320 g/mol. The van der Waals surface area contributed by atoms with E-state index < -0.39 is 23.6 Å². The number of hydrogen-bond donors (Lipinski definition) is 3. The quantitative estimate of drug-likeness (QED) is 0.411. The van der Waals surface area contributed by atoms with Crippen LogP contribution in [-0.4, -0.2) is 46.7 Å². The second kappa shape index (κ2) is 6.53. The van der Waals surface area contributed by atoms with Gasteiger partial charge in [-0.25, -0.2) is 4.79 Å². The first-order valence-corrected chi connectivity index (χ1v) is 9.26. The summed E-state index contributed by atoms with van der Waals surface area (Å²) in [6.07, 6.45) is 4.42. The average molecular weight is 350 g/mol. The molecule has 3 fully saturated rings. The Kier molecular flexibility index (Phi) is 4.86. The summed E-state index contributed by atoms with van der Waals surface area (Å²) in [5, 5.41) is 30.4. The average Bonchev–Trinajstić information content (AvgIpc) is 2.89. The summed E-state index contributed by atoms with van der Waals surface area (Å²) in [6.45, 7) is 8.50. The molecule has 0 amide bonds. The number of cyclic esters (lactones) is 1. The minimum absolute atomic E-state index is 0.0280. The number of carbonyl (C=O) groups is 1. The molecule has 2 saturated carbocycles. The fourth-order valence-electron chi connectivity index (χ4n) is 5.56. The fourth-order valence-corrected chi connectivity index (χ4v) is 5.56. The minimum Gasteiger partial charge on any atom is -0.459 e. The normalized spacial score (nSPS) is 46.2. The molecule has 3 aliphatic rings. The lowest BCUT2D eigenvalue weighted by molar-refractivity contribution is -0.151. The van der Waals surface area contributed by atoms with Crippen LogP contribution in [0.25, 0.3) is 0 Å². The Morgan fingerprint density at radius 3 is 2.64 bits per heavy atom. The lowest BCUT2D eigenvalue weighted by Crippen LogP contribution is -2.57. The van der Waals surface area contributed by atoms with Gasteiger partial charge in [0.2, 0.25) is 0 Å². The van der Waals surface area contributed by atoms with Gasteiger partial charge in [0.1, 0.15) is 12.7 Å². The number of allylic oxidation sites excluding steroid dienone is 2. The molecule has 1 aliphatic heterocycles. The molecule has 140 valence electrons. The molecule has 0 spiro atoms. The zero-order valence-corrected chi connectivity index (χ0v) is 15.2.